The summed E-state index contributed by atoms with van der Waals surface area (Å²) in [7, 11) is 0. The van der Waals surface area contributed by atoms with E-state index in [1.807, 2.05) is 0 Å². The molecule has 0 aliphatic carbocycles. The van der Waals surface area contributed by atoms with E-state index in [9.17, 15) is 9.59 Å². The summed E-state index contributed by atoms with van der Waals surface area (Å²) in [5.41, 5.74) is 0. The number of fused-ring (bicyclic) bond motifs is 1. The first kappa shape index (κ1) is 11.3. The predicted molar refractivity (Wildman–Crippen MR) is 47.8 cm³/mol. The molecular weight excluding hydrogens is 220 g/mol. The summed E-state index contributed by atoms with van der Waals surface area (Å²) in [5.74, 6) is -3.49. The molecule has 0 radical (unpaired) electrons. The Hall–Kier alpha value is -1.18. The summed E-state index contributed by atoms with van der Waals surface area (Å²) >= 11 is 0. The van der Waals surface area contributed by atoms with Crippen molar-refractivity contribution in [3.8, 4) is 0 Å². The van der Waals surface area contributed by atoms with Crippen LogP contribution >= 0.6 is 0 Å². The maximum Gasteiger partial charge on any atom is 0.335 e. The number of carboxylic acid groups (broad SMARTS) is 2. The number of ether oxygens (including phenoxy) is 3. The van der Waals surface area contributed by atoms with E-state index in [1.54, 1.807) is 13.8 Å². The van der Waals surface area contributed by atoms with E-state index < -0.39 is 42.1 Å². The molecule has 0 aromatic heterocycles. The second kappa shape index (κ2) is 3.41. The Labute approximate surface area is 90.9 Å². The lowest BCUT2D eigenvalue weighted by molar-refractivity contribution is -0.198. The topological polar surface area (TPSA) is 102 Å². The van der Waals surface area contributed by atoms with Crippen molar-refractivity contribution < 1.29 is 34.0 Å². The molecule has 2 heterocycles. The van der Waals surface area contributed by atoms with Gasteiger partial charge in [0, 0.05) is 0 Å². The number of hydrogen-bond acceptors (Lipinski definition) is 5. The van der Waals surface area contributed by atoms with Gasteiger partial charge in [0.25, 0.3) is 0 Å². The van der Waals surface area contributed by atoms with Crippen LogP contribution in [0.3, 0.4) is 0 Å². The zero-order chi connectivity index (χ0) is 12.1. The molecule has 0 saturated carbocycles. The highest BCUT2D eigenvalue weighted by Crippen LogP contribution is 2.38. The van der Waals surface area contributed by atoms with Crippen LogP contribution in [0.25, 0.3) is 0 Å². The Kier molecular flexibility index (Phi) is 2.41. The van der Waals surface area contributed by atoms with Gasteiger partial charge in [-0.3, -0.25) is 0 Å². The van der Waals surface area contributed by atoms with Gasteiger partial charge in [-0.25, -0.2) is 9.59 Å². The Bertz CT molecular complexity index is 307. The molecule has 0 bridgehead atoms. The third kappa shape index (κ3) is 1.66. The Morgan fingerprint density at radius 2 is 1.38 bits per heavy atom. The number of carbonyl (C=O) groups is 2. The molecule has 2 aliphatic heterocycles. The minimum Gasteiger partial charge on any atom is -0.479 e. The maximum atomic E-state index is 10.9. The zero-order valence-electron chi connectivity index (χ0n) is 8.75. The van der Waals surface area contributed by atoms with E-state index in [0.29, 0.717) is 0 Å². The standard InChI is InChI=1S/C9H12O7/c1-9(2)15-3-4(16-9)6(8(12)13)14-5(3)7(10)11/h3-6H,1-2H3,(H,10,11)(H,12,13)/t3-,4+,5-,6+. The van der Waals surface area contributed by atoms with Crippen LogP contribution in [0.5, 0.6) is 0 Å². The maximum absolute atomic E-state index is 10.9. The zero-order valence-corrected chi connectivity index (χ0v) is 8.75. The van der Waals surface area contributed by atoms with Gasteiger partial charge in [-0.1, -0.05) is 0 Å². The first-order valence-corrected chi connectivity index (χ1v) is 4.78. The lowest BCUT2D eigenvalue weighted by atomic mass is 10.1. The minimum absolute atomic E-state index is 0.881. The van der Waals surface area contributed by atoms with Crippen molar-refractivity contribution in [1.82, 2.24) is 0 Å². The van der Waals surface area contributed by atoms with Gasteiger partial charge in [0.2, 0.25) is 0 Å². The van der Waals surface area contributed by atoms with Gasteiger partial charge in [-0.15, -0.1) is 0 Å². The summed E-state index contributed by atoms with van der Waals surface area (Å²) in [4.78, 5) is 21.7. The summed E-state index contributed by atoms with van der Waals surface area (Å²) in [5, 5.41) is 17.8. The van der Waals surface area contributed by atoms with E-state index in [0.717, 1.165) is 0 Å². The molecule has 0 aromatic rings. The molecule has 2 fully saturated rings. The molecule has 2 N–H and O–H groups in total. The molecule has 90 valence electrons. The second-order valence-corrected chi connectivity index (χ2v) is 4.22. The van der Waals surface area contributed by atoms with Crippen LogP contribution in [0.1, 0.15) is 13.8 Å². The van der Waals surface area contributed by atoms with Gasteiger partial charge in [0.15, 0.2) is 18.0 Å². The molecule has 0 aromatic carbocycles. The molecule has 0 spiro atoms. The van der Waals surface area contributed by atoms with E-state index in [-0.39, 0.29) is 0 Å². The lowest BCUT2D eigenvalue weighted by Gasteiger charge is -2.21. The number of aliphatic carboxylic acids is 2. The molecule has 0 amide bonds. The van der Waals surface area contributed by atoms with Gasteiger partial charge < -0.3 is 24.4 Å². The third-order valence-corrected chi connectivity index (χ3v) is 2.54. The highest BCUT2D eigenvalue weighted by molar-refractivity contribution is 5.78. The SMILES string of the molecule is CC1(C)O[C@@H]2[C@H](O1)[C@@H](C(=O)O)O[C@H]2C(=O)O. The Morgan fingerprint density at radius 3 is 1.69 bits per heavy atom. The largest absolute Gasteiger partial charge is 0.479 e. The van der Waals surface area contributed by atoms with Crippen LogP contribution in [0.4, 0.5) is 0 Å². The fourth-order valence-corrected chi connectivity index (χ4v) is 2.00. The van der Waals surface area contributed by atoms with Crippen molar-refractivity contribution in [2.24, 2.45) is 0 Å². The summed E-state index contributed by atoms with van der Waals surface area (Å²) in [6.45, 7) is 3.20. The van der Waals surface area contributed by atoms with Crippen molar-refractivity contribution in [2.45, 2.75) is 44.1 Å². The quantitative estimate of drug-likeness (QED) is 0.658. The molecule has 2 rings (SSSR count). The van der Waals surface area contributed by atoms with Crippen LogP contribution in [0, 0.1) is 0 Å². The smallest absolute Gasteiger partial charge is 0.335 e. The van der Waals surface area contributed by atoms with Crippen molar-refractivity contribution in [3.05, 3.63) is 0 Å². The third-order valence-electron chi connectivity index (χ3n) is 2.54. The average Bonchev–Trinajstić information content (AvgIpc) is 2.56. The minimum atomic E-state index is -1.30. The highest BCUT2D eigenvalue weighted by Gasteiger charge is 2.59. The van der Waals surface area contributed by atoms with Crippen LogP contribution < -0.4 is 0 Å². The molecule has 0 unspecified atom stereocenters. The second-order valence-electron chi connectivity index (χ2n) is 4.22. The first-order valence-electron chi connectivity index (χ1n) is 4.78. The molecule has 7 nitrogen and oxygen atoms in total. The molecule has 2 saturated heterocycles. The normalized spacial score (nSPS) is 40.6. The van der Waals surface area contributed by atoms with Gasteiger partial charge in [-0.2, -0.15) is 0 Å². The lowest BCUT2D eigenvalue weighted by Crippen LogP contribution is -2.35. The number of rotatable bonds is 2. The van der Waals surface area contributed by atoms with Crippen LogP contribution in [-0.4, -0.2) is 52.4 Å². The monoisotopic (exact) mass is 232 g/mol. The van der Waals surface area contributed by atoms with Gasteiger partial charge in [0.05, 0.1) is 0 Å². The van der Waals surface area contributed by atoms with Crippen molar-refractivity contribution >= 4 is 11.9 Å². The van der Waals surface area contributed by atoms with E-state index in [1.165, 1.54) is 0 Å². The molecular formula is C9H12O7. The van der Waals surface area contributed by atoms with Crippen molar-refractivity contribution in [3.63, 3.8) is 0 Å². The molecule has 16 heavy (non-hydrogen) atoms. The average molecular weight is 232 g/mol. The molecule has 4 atom stereocenters. The van der Waals surface area contributed by atoms with Crippen molar-refractivity contribution in [2.75, 3.05) is 0 Å². The van der Waals surface area contributed by atoms with Crippen LogP contribution in [0.15, 0.2) is 0 Å². The van der Waals surface area contributed by atoms with E-state index in [4.69, 9.17) is 24.4 Å². The molecule has 2 aliphatic rings. The van der Waals surface area contributed by atoms with E-state index in [2.05, 4.69) is 0 Å². The fraction of sp³-hybridized carbons (Fsp3) is 0.778. The summed E-state index contributed by atoms with van der Waals surface area (Å²) in [6.07, 6.45) is -4.36. The summed E-state index contributed by atoms with van der Waals surface area (Å²) in [6, 6.07) is 0. The Balaban J connectivity index is 2.25. The summed E-state index contributed by atoms with van der Waals surface area (Å²) < 4.78 is 15.6. The van der Waals surface area contributed by atoms with Gasteiger partial charge in [-0.05, 0) is 13.8 Å². The highest BCUT2D eigenvalue weighted by atomic mass is 16.8. The number of carboxylic acids is 2. The molecule has 7 heteroatoms. The predicted octanol–water partition coefficient (Wildman–Crippen LogP) is -0.557. The fourth-order valence-electron chi connectivity index (χ4n) is 2.00. The van der Waals surface area contributed by atoms with E-state index >= 15 is 0 Å². The first-order chi connectivity index (χ1) is 7.32. The van der Waals surface area contributed by atoms with Crippen LogP contribution in [-0.2, 0) is 23.8 Å². The van der Waals surface area contributed by atoms with Gasteiger partial charge >= 0.3 is 11.9 Å². The Morgan fingerprint density at radius 1 is 1.00 bits per heavy atom. The van der Waals surface area contributed by atoms with Crippen molar-refractivity contribution in [1.29, 1.82) is 0 Å². The van der Waals surface area contributed by atoms with Gasteiger partial charge in [0.1, 0.15) is 12.2 Å². The number of hydrogen-bond donors (Lipinski definition) is 2. The van der Waals surface area contributed by atoms with Crippen LogP contribution in [0.2, 0.25) is 0 Å².